The van der Waals surface area contributed by atoms with Gasteiger partial charge in [-0.15, -0.1) is 0 Å². The van der Waals surface area contributed by atoms with Crippen LogP contribution in [0.15, 0.2) is 23.2 Å². The molecule has 0 aromatic heterocycles. The van der Waals surface area contributed by atoms with Gasteiger partial charge in [0.1, 0.15) is 6.07 Å². The molecule has 1 aromatic rings. The topological polar surface area (TPSA) is 83.7 Å². The van der Waals surface area contributed by atoms with Crippen LogP contribution in [0.4, 0.5) is 11.4 Å². The molecule has 0 heterocycles. The predicted octanol–water partition coefficient (Wildman–Crippen LogP) is 1.84. The zero-order valence-corrected chi connectivity index (χ0v) is 14.0. The standard InChI is InChI=1S/C15H21N5OS/c1-15(2,9-21)19-14(22)18-12-5-6-13(11(7-12)8-16)17-10-20(3)4/h5-7,10,21H,9H2,1-4H3,(H2,18,19,22). The molecule has 0 amide bonds. The first kappa shape index (κ1) is 17.9. The van der Waals surface area contributed by atoms with Crippen LogP contribution in [0.5, 0.6) is 0 Å². The van der Waals surface area contributed by atoms with Crippen LogP contribution in [-0.2, 0) is 0 Å². The maximum atomic E-state index is 9.22. The van der Waals surface area contributed by atoms with Gasteiger partial charge in [0, 0.05) is 19.8 Å². The fraction of sp³-hybridized carbons (Fsp3) is 0.400. The average Bonchev–Trinajstić information content (AvgIpc) is 2.44. The fourth-order valence-electron chi connectivity index (χ4n) is 1.50. The number of aliphatic hydroxyl groups is 1. The van der Waals surface area contributed by atoms with E-state index in [1.54, 1.807) is 29.4 Å². The van der Waals surface area contributed by atoms with E-state index in [0.717, 1.165) is 0 Å². The van der Waals surface area contributed by atoms with Gasteiger partial charge >= 0.3 is 0 Å². The summed E-state index contributed by atoms with van der Waals surface area (Å²) in [5, 5.41) is 24.8. The average molecular weight is 319 g/mol. The maximum absolute atomic E-state index is 9.22. The summed E-state index contributed by atoms with van der Waals surface area (Å²) in [6.45, 7) is 3.62. The van der Waals surface area contributed by atoms with Crippen LogP contribution < -0.4 is 10.6 Å². The van der Waals surface area contributed by atoms with Crippen molar-refractivity contribution >= 4 is 35.0 Å². The molecule has 0 aliphatic carbocycles. The molecule has 0 spiro atoms. The van der Waals surface area contributed by atoms with Gasteiger partial charge in [-0.1, -0.05) is 0 Å². The Bertz CT molecular complexity index is 604. The fourth-order valence-corrected chi connectivity index (χ4v) is 1.90. The van der Waals surface area contributed by atoms with Crippen molar-refractivity contribution < 1.29 is 5.11 Å². The molecule has 0 saturated heterocycles. The van der Waals surface area contributed by atoms with E-state index in [1.165, 1.54) is 0 Å². The second-order valence-electron chi connectivity index (χ2n) is 5.67. The van der Waals surface area contributed by atoms with Gasteiger partial charge in [-0.2, -0.15) is 5.26 Å². The van der Waals surface area contributed by atoms with Crippen molar-refractivity contribution in [1.82, 2.24) is 10.2 Å². The lowest BCUT2D eigenvalue weighted by molar-refractivity contribution is 0.207. The molecule has 118 valence electrons. The van der Waals surface area contributed by atoms with E-state index in [2.05, 4.69) is 21.7 Å². The van der Waals surface area contributed by atoms with E-state index >= 15 is 0 Å². The molecule has 1 aromatic carbocycles. The smallest absolute Gasteiger partial charge is 0.171 e. The SMILES string of the molecule is CN(C)C=Nc1ccc(NC(=S)NC(C)(C)CO)cc1C#N. The van der Waals surface area contributed by atoms with E-state index in [9.17, 15) is 10.4 Å². The zero-order valence-electron chi connectivity index (χ0n) is 13.2. The molecule has 22 heavy (non-hydrogen) atoms. The minimum absolute atomic E-state index is 0.0452. The lowest BCUT2D eigenvalue weighted by atomic mass is 10.1. The van der Waals surface area contributed by atoms with Crippen molar-refractivity contribution in [2.24, 2.45) is 4.99 Å². The number of anilines is 1. The quantitative estimate of drug-likeness (QED) is 0.436. The number of aliphatic imine (C=N–C) groups is 1. The van der Waals surface area contributed by atoms with E-state index < -0.39 is 5.54 Å². The molecule has 0 aliphatic rings. The normalized spacial score (nSPS) is 11.1. The Hall–Kier alpha value is -2.17. The largest absolute Gasteiger partial charge is 0.394 e. The first-order valence-corrected chi connectivity index (χ1v) is 7.13. The lowest BCUT2D eigenvalue weighted by Crippen LogP contribution is -2.47. The number of nitrogens with one attached hydrogen (secondary N) is 2. The summed E-state index contributed by atoms with van der Waals surface area (Å²) in [4.78, 5) is 6.03. The molecule has 0 atom stereocenters. The minimum Gasteiger partial charge on any atom is -0.394 e. The van der Waals surface area contributed by atoms with Gasteiger partial charge in [0.05, 0.1) is 29.7 Å². The van der Waals surface area contributed by atoms with Crippen LogP contribution in [0, 0.1) is 11.3 Å². The number of rotatable bonds is 5. The monoisotopic (exact) mass is 319 g/mol. The third-order valence-corrected chi connectivity index (χ3v) is 2.85. The molecule has 0 bridgehead atoms. The van der Waals surface area contributed by atoms with Crippen molar-refractivity contribution in [3.63, 3.8) is 0 Å². The number of benzene rings is 1. The van der Waals surface area contributed by atoms with Gasteiger partial charge in [-0.3, -0.25) is 0 Å². The van der Waals surface area contributed by atoms with Gasteiger partial charge in [0.15, 0.2) is 5.11 Å². The summed E-state index contributed by atoms with van der Waals surface area (Å²) in [5.74, 6) is 0. The lowest BCUT2D eigenvalue weighted by Gasteiger charge is -2.25. The number of nitrogens with zero attached hydrogens (tertiary/aromatic N) is 3. The summed E-state index contributed by atoms with van der Waals surface area (Å²) in [6, 6.07) is 7.34. The second kappa shape index (κ2) is 7.73. The van der Waals surface area contributed by atoms with Gasteiger partial charge < -0.3 is 20.6 Å². The van der Waals surface area contributed by atoms with Gasteiger partial charge in [-0.05, 0) is 44.3 Å². The summed E-state index contributed by atoms with van der Waals surface area (Å²) in [5.41, 5.74) is 1.22. The summed E-state index contributed by atoms with van der Waals surface area (Å²) in [7, 11) is 3.72. The third-order valence-electron chi connectivity index (χ3n) is 2.65. The van der Waals surface area contributed by atoms with Crippen molar-refractivity contribution in [3.05, 3.63) is 23.8 Å². The molecule has 0 unspecified atom stereocenters. The number of hydrogen-bond acceptors (Lipinski definition) is 4. The second-order valence-corrected chi connectivity index (χ2v) is 6.08. The van der Waals surface area contributed by atoms with Crippen LogP contribution in [0.25, 0.3) is 0 Å². The molecule has 1 rings (SSSR count). The first-order chi connectivity index (χ1) is 10.3. The molecule has 6 nitrogen and oxygen atoms in total. The Morgan fingerprint density at radius 1 is 1.50 bits per heavy atom. The molecule has 7 heteroatoms. The van der Waals surface area contributed by atoms with Gasteiger partial charge in [-0.25, -0.2) is 4.99 Å². The Morgan fingerprint density at radius 3 is 2.73 bits per heavy atom. The summed E-state index contributed by atoms with van der Waals surface area (Å²) in [6.07, 6.45) is 1.64. The number of hydrogen-bond donors (Lipinski definition) is 3. The van der Waals surface area contributed by atoms with Crippen molar-refractivity contribution in [2.75, 3.05) is 26.0 Å². The zero-order chi connectivity index (χ0) is 16.8. The molecule has 0 radical (unpaired) electrons. The highest BCUT2D eigenvalue weighted by Crippen LogP contribution is 2.22. The first-order valence-electron chi connectivity index (χ1n) is 6.72. The van der Waals surface area contributed by atoms with Crippen LogP contribution in [0.1, 0.15) is 19.4 Å². The highest BCUT2D eigenvalue weighted by Gasteiger charge is 2.17. The van der Waals surface area contributed by atoms with Crippen molar-refractivity contribution in [3.8, 4) is 6.07 Å². The highest BCUT2D eigenvalue weighted by atomic mass is 32.1. The van der Waals surface area contributed by atoms with E-state index in [-0.39, 0.29) is 6.61 Å². The Morgan fingerprint density at radius 2 is 2.18 bits per heavy atom. The van der Waals surface area contributed by atoms with Crippen LogP contribution in [0.3, 0.4) is 0 Å². The van der Waals surface area contributed by atoms with Crippen LogP contribution in [-0.4, -0.2) is 47.7 Å². The van der Waals surface area contributed by atoms with E-state index in [0.29, 0.717) is 22.1 Å². The summed E-state index contributed by atoms with van der Waals surface area (Å²) >= 11 is 5.20. The molecule has 0 saturated carbocycles. The van der Waals surface area contributed by atoms with Gasteiger partial charge in [0.25, 0.3) is 0 Å². The third kappa shape index (κ3) is 5.68. The maximum Gasteiger partial charge on any atom is 0.171 e. The predicted molar refractivity (Wildman–Crippen MR) is 93.5 cm³/mol. The number of nitriles is 1. The molecular weight excluding hydrogens is 298 g/mol. The minimum atomic E-state index is -0.516. The highest BCUT2D eigenvalue weighted by molar-refractivity contribution is 7.80. The summed E-state index contributed by atoms with van der Waals surface area (Å²) < 4.78 is 0. The number of thiocarbonyl (C=S) groups is 1. The van der Waals surface area contributed by atoms with Crippen LogP contribution in [0.2, 0.25) is 0 Å². The molecule has 0 fully saturated rings. The van der Waals surface area contributed by atoms with Gasteiger partial charge in [0.2, 0.25) is 0 Å². The molecule has 0 aliphatic heterocycles. The number of aliphatic hydroxyl groups excluding tert-OH is 1. The Kier molecular flexibility index (Phi) is 6.28. The Labute approximate surface area is 136 Å². The molecule has 3 N–H and O–H groups in total. The van der Waals surface area contributed by atoms with Crippen LogP contribution >= 0.6 is 12.2 Å². The molecular formula is C15H21N5OS. The Balaban J connectivity index is 2.86. The van der Waals surface area contributed by atoms with E-state index in [4.69, 9.17) is 12.2 Å². The van der Waals surface area contributed by atoms with Crippen molar-refractivity contribution in [1.29, 1.82) is 5.26 Å². The van der Waals surface area contributed by atoms with E-state index in [1.807, 2.05) is 27.9 Å². The van der Waals surface area contributed by atoms with Crippen molar-refractivity contribution in [2.45, 2.75) is 19.4 Å².